The Bertz CT molecular complexity index is 1110. The Hall–Kier alpha value is -3.57. The van der Waals surface area contributed by atoms with E-state index in [9.17, 15) is 23.2 Å². The number of rotatable bonds is 4. The van der Waals surface area contributed by atoms with E-state index in [1.165, 1.54) is 24.4 Å². The molecule has 0 unspecified atom stereocenters. The lowest BCUT2D eigenvalue weighted by atomic mass is 10.1. The van der Waals surface area contributed by atoms with Crippen molar-refractivity contribution in [2.24, 2.45) is 0 Å². The monoisotopic (exact) mass is 416 g/mol. The van der Waals surface area contributed by atoms with E-state index in [0.717, 1.165) is 17.7 Å². The van der Waals surface area contributed by atoms with Gasteiger partial charge in [0.05, 0.1) is 17.5 Å². The van der Waals surface area contributed by atoms with Crippen LogP contribution in [0.5, 0.6) is 0 Å². The lowest BCUT2D eigenvalue weighted by Crippen LogP contribution is -2.14. The summed E-state index contributed by atoms with van der Waals surface area (Å²) in [6.07, 6.45) is -1.81. The van der Waals surface area contributed by atoms with Gasteiger partial charge >= 0.3 is 6.18 Å². The van der Waals surface area contributed by atoms with Gasteiger partial charge in [0.15, 0.2) is 0 Å². The summed E-state index contributed by atoms with van der Waals surface area (Å²) in [5, 5.41) is 18.9. The third kappa shape index (κ3) is 4.83. The van der Waals surface area contributed by atoms with Crippen LogP contribution in [0.3, 0.4) is 0 Å². The number of halogens is 4. The maximum Gasteiger partial charge on any atom is 0.416 e. The smallest absolute Gasteiger partial charge is 0.321 e. The molecule has 3 aromatic rings. The molecule has 0 saturated carbocycles. The van der Waals surface area contributed by atoms with Crippen molar-refractivity contribution in [1.29, 1.82) is 5.26 Å². The lowest BCUT2D eigenvalue weighted by Gasteiger charge is -2.09. The number of anilines is 1. The molecule has 0 atom stereocenters. The Kier molecular flexibility index (Phi) is 5.71. The molecule has 2 N–H and O–H groups in total. The molecule has 1 heterocycles. The van der Waals surface area contributed by atoms with Crippen molar-refractivity contribution >= 4 is 29.3 Å². The van der Waals surface area contributed by atoms with Crippen LogP contribution in [-0.2, 0) is 11.0 Å². The van der Waals surface area contributed by atoms with E-state index in [1.54, 1.807) is 30.3 Å². The number of H-pyrrole nitrogens is 1. The van der Waals surface area contributed by atoms with Gasteiger partial charge < -0.3 is 5.32 Å². The zero-order chi connectivity index (χ0) is 21.0. The normalized spacial score (nSPS) is 11.8. The molecule has 0 bridgehead atoms. The van der Waals surface area contributed by atoms with Gasteiger partial charge in [-0.2, -0.15) is 23.5 Å². The van der Waals surface area contributed by atoms with Crippen molar-refractivity contribution < 1.29 is 18.0 Å². The number of nitriles is 1. The van der Waals surface area contributed by atoms with Crippen LogP contribution in [0.4, 0.5) is 18.9 Å². The quantitative estimate of drug-likeness (QED) is 0.447. The molecule has 146 valence electrons. The number of hydrogen-bond donors (Lipinski definition) is 2. The third-order valence-electron chi connectivity index (χ3n) is 3.91. The SMILES string of the molecule is N#CC(=Cc1cn[nH]c1-c1ccc(Cl)cc1)C(=O)Nc1cccc(C(F)(F)F)c1. The summed E-state index contributed by atoms with van der Waals surface area (Å²) in [6.45, 7) is 0. The number of carbonyl (C=O) groups is 1. The molecule has 3 rings (SSSR count). The minimum atomic E-state index is -4.54. The minimum absolute atomic E-state index is 0.0731. The van der Waals surface area contributed by atoms with Gasteiger partial charge in [-0.25, -0.2) is 0 Å². The Morgan fingerprint density at radius 3 is 2.59 bits per heavy atom. The first-order valence-electron chi connectivity index (χ1n) is 8.17. The zero-order valence-electron chi connectivity index (χ0n) is 14.6. The second-order valence-electron chi connectivity index (χ2n) is 5.91. The van der Waals surface area contributed by atoms with Gasteiger partial charge in [-0.15, -0.1) is 0 Å². The maximum atomic E-state index is 12.8. The van der Waals surface area contributed by atoms with Crippen molar-refractivity contribution in [3.8, 4) is 17.3 Å². The van der Waals surface area contributed by atoms with Crippen LogP contribution in [0.15, 0.2) is 60.3 Å². The molecule has 1 amide bonds. The lowest BCUT2D eigenvalue weighted by molar-refractivity contribution is -0.137. The molecular formula is C20H12ClF3N4O. The zero-order valence-corrected chi connectivity index (χ0v) is 15.3. The first-order valence-corrected chi connectivity index (χ1v) is 8.55. The number of amides is 1. The Morgan fingerprint density at radius 2 is 1.93 bits per heavy atom. The molecule has 29 heavy (non-hydrogen) atoms. The second-order valence-corrected chi connectivity index (χ2v) is 6.35. The van der Waals surface area contributed by atoms with Crippen LogP contribution in [0.1, 0.15) is 11.1 Å². The number of carbonyl (C=O) groups excluding carboxylic acids is 1. The highest BCUT2D eigenvalue weighted by atomic mass is 35.5. The van der Waals surface area contributed by atoms with Crippen molar-refractivity contribution in [3.63, 3.8) is 0 Å². The fourth-order valence-electron chi connectivity index (χ4n) is 2.53. The molecular weight excluding hydrogens is 405 g/mol. The largest absolute Gasteiger partial charge is 0.416 e. The second kappa shape index (κ2) is 8.20. The first kappa shape index (κ1) is 20.2. The molecule has 0 radical (unpaired) electrons. The van der Waals surface area contributed by atoms with Gasteiger partial charge in [-0.1, -0.05) is 29.8 Å². The van der Waals surface area contributed by atoms with E-state index < -0.39 is 17.6 Å². The van der Waals surface area contributed by atoms with E-state index in [1.807, 2.05) is 0 Å². The predicted octanol–water partition coefficient (Wildman–Crippen LogP) is 5.29. The summed E-state index contributed by atoms with van der Waals surface area (Å²) >= 11 is 5.87. The van der Waals surface area contributed by atoms with E-state index >= 15 is 0 Å². The predicted molar refractivity (Wildman–Crippen MR) is 103 cm³/mol. The van der Waals surface area contributed by atoms with Gasteiger partial charge in [0.25, 0.3) is 5.91 Å². The van der Waals surface area contributed by atoms with Gasteiger partial charge in [0, 0.05) is 21.8 Å². The molecule has 0 aliphatic heterocycles. The maximum absolute atomic E-state index is 12.8. The summed E-state index contributed by atoms with van der Waals surface area (Å²) in [7, 11) is 0. The third-order valence-corrected chi connectivity index (χ3v) is 4.17. The van der Waals surface area contributed by atoms with Crippen molar-refractivity contribution in [3.05, 3.63) is 76.5 Å². The van der Waals surface area contributed by atoms with Gasteiger partial charge in [-0.05, 0) is 36.4 Å². The topological polar surface area (TPSA) is 81.6 Å². The van der Waals surface area contributed by atoms with Crippen molar-refractivity contribution in [2.45, 2.75) is 6.18 Å². The standard InChI is InChI=1S/C20H12ClF3N4O/c21-16-6-4-12(5-7-16)18-14(11-26-28-18)8-13(10-25)19(29)27-17-3-1-2-15(9-17)20(22,23)24/h1-9,11H,(H,26,28)(H,27,29). The Balaban J connectivity index is 1.86. The number of aromatic nitrogens is 2. The Morgan fingerprint density at radius 1 is 1.21 bits per heavy atom. The van der Waals surface area contributed by atoms with E-state index in [4.69, 9.17) is 11.6 Å². The summed E-state index contributed by atoms with van der Waals surface area (Å²) in [5.74, 6) is -0.838. The number of benzene rings is 2. The molecule has 9 heteroatoms. The number of nitrogens with one attached hydrogen (secondary N) is 2. The van der Waals surface area contributed by atoms with Gasteiger partial charge in [0.2, 0.25) is 0 Å². The molecule has 0 saturated heterocycles. The Labute approximate surface area is 168 Å². The van der Waals surface area contributed by atoms with Crippen LogP contribution in [0.2, 0.25) is 5.02 Å². The van der Waals surface area contributed by atoms with Crippen LogP contribution in [-0.4, -0.2) is 16.1 Å². The van der Waals surface area contributed by atoms with Crippen LogP contribution >= 0.6 is 11.6 Å². The average Bonchev–Trinajstić information content (AvgIpc) is 3.14. The summed E-state index contributed by atoms with van der Waals surface area (Å²) < 4.78 is 38.5. The van der Waals surface area contributed by atoms with Crippen LogP contribution < -0.4 is 5.32 Å². The van der Waals surface area contributed by atoms with E-state index in [2.05, 4.69) is 15.5 Å². The van der Waals surface area contributed by atoms with Crippen molar-refractivity contribution in [2.75, 3.05) is 5.32 Å². The summed E-state index contributed by atoms with van der Waals surface area (Å²) in [5.41, 5.74) is 0.478. The molecule has 1 aromatic heterocycles. The van der Waals surface area contributed by atoms with Gasteiger partial charge in [-0.3, -0.25) is 9.89 Å². The molecule has 0 fully saturated rings. The summed E-state index contributed by atoms with van der Waals surface area (Å²) in [4.78, 5) is 12.4. The van der Waals surface area contributed by atoms with Crippen LogP contribution in [0, 0.1) is 11.3 Å². The minimum Gasteiger partial charge on any atom is -0.321 e. The number of hydrogen-bond acceptors (Lipinski definition) is 3. The highest BCUT2D eigenvalue weighted by Crippen LogP contribution is 2.31. The van der Waals surface area contributed by atoms with Crippen LogP contribution in [0.25, 0.3) is 17.3 Å². The van der Waals surface area contributed by atoms with Gasteiger partial charge in [0.1, 0.15) is 11.6 Å². The first-order chi connectivity index (χ1) is 13.8. The summed E-state index contributed by atoms with van der Waals surface area (Å²) in [6, 6.07) is 12.7. The van der Waals surface area contributed by atoms with Crippen molar-refractivity contribution in [1.82, 2.24) is 10.2 Å². The van der Waals surface area contributed by atoms with E-state index in [0.29, 0.717) is 16.3 Å². The fraction of sp³-hybridized carbons (Fsp3) is 0.0500. The molecule has 0 aliphatic carbocycles. The molecule has 0 aliphatic rings. The molecule has 0 spiro atoms. The molecule has 2 aromatic carbocycles. The average molecular weight is 417 g/mol. The highest BCUT2D eigenvalue weighted by Gasteiger charge is 2.30. The number of nitrogens with zero attached hydrogens (tertiary/aromatic N) is 2. The molecule has 5 nitrogen and oxygen atoms in total. The number of alkyl halides is 3. The number of aromatic amines is 1. The fourth-order valence-corrected chi connectivity index (χ4v) is 2.65. The van der Waals surface area contributed by atoms with E-state index in [-0.39, 0.29) is 11.3 Å². The highest BCUT2D eigenvalue weighted by molar-refractivity contribution is 6.30.